The Labute approximate surface area is 280 Å². The smallest absolute Gasteiger partial charge is 0.185 e. The van der Waals surface area contributed by atoms with Crippen molar-refractivity contribution in [2.45, 2.75) is 128 Å². The predicted octanol–water partition coefficient (Wildman–Crippen LogP) is 10.6. The Morgan fingerprint density at radius 2 is 0.429 bits per heavy atom. The van der Waals surface area contributed by atoms with E-state index in [4.69, 9.17) is 0 Å². The summed E-state index contributed by atoms with van der Waals surface area (Å²) in [6.07, 6.45) is 45.2. The van der Waals surface area contributed by atoms with Crippen LogP contribution in [0.3, 0.4) is 0 Å². The topological polar surface area (TPSA) is 17.1 Å². The van der Waals surface area contributed by atoms with Gasteiger partial charge < -0.3 is 0 Å². The molecule has 0 N–H and O–H groups in total. The normalized spacial score (nSPS) is 24.9. The van der Waals surface area contributed by atoms with Gasteiger partial charge in [0.2, 0.25) is 0 Å². The van der Waals surface area contributed by atoms with Crippen molar-refractivity contribution in [3.05, 3.63) is 109 Å². The van der Waals surface area contributed by atoms with Crippen molar-refractivity contribution in [1.29, 1.82) is 0 Å². The Kier molecular flexibility index (Phi) is 17.1. The summed E-state index contributed by atoms with van der Waals surface area (Å²) in [5, 5.41) is 0. The summed E-state index contributed by atoms with van der Waals surface area (Å²) in [5.74, 6) is 0.476. The van der Waals surface area contributed by atoms with Crippen molar-refractivity contribution in [3.63, 3.8) is 0 Å². The van der Waals surface area contributed by atoms with Crippen LogP contribution >= 0.6 is 0 Å². The van der Waals surface area contributed by atoms with Crippen LogP contribution in [0.1, 0.15) is 128 Å². The first kappa shape index (κ1) is 36.1. The van der Waals surface area contributed by atoms with Crippen molar-refractivity contribution < 1.29 is 38.4 Å². The van der Waals surface area contributed by atoms with E-state index in [0.717, 1.165) is 12.8 Å². The standard InChI is InChI=1S/C29H40O.2C5H5.2Co/c30-29-27-19-11-3-7-15-23-21-13-5-1-9-17-25(27)26-18-10-2-6-14-22(21)24(23)16-8-4-12-20-28(26)29;2*1-2-4-5-3-1;;/h1-20H2;2*1-5H;;. The van der Waals surface area contributed by atoms with Gasteiger partial charge in [0.15, 0.2) is 5.78 Å². The van der Waals surface area contributed by atoms with Gasteiger partial charge in [-0.05, 0) is 200 Å². The monoisotopic (exact) mass is 652 g/mol. The van der Waals surface area contributed by atoms with E-state index in [1.807, 2.05) is 75.4 Å². The fraction of sp³-hybridized carbons (Fsp3) is 0.513. The molecule has 2 fully saturated rings. The molecular formula is C39H50Co2O. The summed E-state index contributed by atoms with van der Waals surface area (Å²) >= 11 is 0. The summed E-state index contributed by atoms with van der Waals surface area (Å²) in [7, 11) is 0. The minimum atomic E-state index is 0. The first-order valence-electron chi connectivity index (χ1n) is 16.6. The maximum atomic E-state index is 13.5. The average Bonchev–Trinajstić information content (AvgIpc) is 3.76. The minimum absolute atomic E-state index is 0. The molecule has 230 valence electrons. The molecule has 4 bridgehead atoms. The van der Waals surface area contributed by atoms with E-state index in [1.54, 1.807) is 11.1 Å². The van der Waals surface area contributed by atoms with Crippen LogP contribution in [0.2, 0.25) is 0 Å². The molecule has 7 aliphatic rings. The van der Waals surface area contributed by atoms with Crippen LogP contribution < -0.4 is 0 Å². The van der Waals surface area contributed by atoms with E-state index in [9.17, 15) is 4.79 Å². The summed E-state index contributed by atoms with van der Waals surface area (Å²) in [4.78, 5) is 13.5. The zero-order valence-electron chi connectivity index (χ0n) is 25.5. The van der Waals surface area contributed by atoms with Gasteiger partial charge in [-0.3, -0.25) is 4.79 Å². The Hall–Kier alpha value is -0.357. The van der Waals surface area contributed by atoms with Gasteiger partial charge in [0.1, 0.15) is 0 Å². The third kappa shape index (κ3) is 9.82. The third-order valence-electron chi connectivity index (χ3n) is 9.62. The van der Waals surface area contributed by atoms with Crippen LogP contribution in [0.5, 0.6) is 0 Å². The van der Waals surface area contributed by atoms with Crippen molar-refractivity contribution in [2.24, 2.45) is 0 Å². The van der Waals surface area contributed by atoms with Crippen molar-refractivity contribution in [2.75, 3.05) is 0 Å². The molecule has 0 saturated heterocycles. The molecule has 1 nitrogen and oxygen atoms in total. The van der Waals surface area contributed by atoms with Gasteiger partial charge in [0, 0.05) is 44.7 Å². The molecule has 0 spiro atoms. The van der Waals surface area contributed by atoms with Crippen molar-refractivity contribution >= 4 is 5.78 Å². The Bertz CT molecular complexity index is 895. The van der Waals surface area contributed by atoms with E-state index in [0.29, 0.717) is 5.78 Å². The van der Waals surface area contributed by atoms with Gasteiger partial charge in [0.05, 0.1) is 0 Å². The zero-order chi connectivity index (χ0) is 27.4. The van der Waals surface area contributed by atoms with Crippen LogP contribution in [0.15, 0.2) is 44.6 Å². The average molecular weight is 653 g/mol. The van der Waals surface area contributed by atoms with Crippen LogP contribution in [-0.2, 0) is 38.4 Å². The van der Waals surface area contributed by atoms with Gasteiger partial charge in [-0.2, -0.15) is 0 Å². The quantitative estimate of drug-likeness (QED) is 0.255. The number of hydrogen-bond donors (Lipinski definition) is 0. The molecular weight excluding hydrogens is 602 g/mol. The number of fused-ring (bicyclic) bond motifs is 8. The zero-order valence-corrected chi connectivity index (χ0v) is 27.6. The predicted molar refractivity (Wildman–Crippen MR) is 168 cm³/mol. The number of ketones is 1. The van der Waals surface area contributed by atoms with E-state index < -0.39 is 0 Å². The third-order valence-corrected chi connectivity index (χ3v) is 9.62. The summed E-state index contributed by atoms with van der Waals surface area (Å²) in [6, 6.07) is 0. The second-order valence-electron chi connectivity index (χ2n) is 12.3. The fourth-order valence-electron chi connectivity index (χ4n) is 7.59. The van der Waals surface area contributed by atoms with Gasteiger partial charge in [-0.1, -0.05) is 25.7 Å². The number of Topliss-reactive ketones (excluding diaryl/α,β-unsaturated/α-hetero) is 1. The van der Waals surface area contributed by atoms with Crippen LogP contribution in [0.4, 0.5) is 0 Å². The molecule has 0 aromatic heterocycles. The molecule has 7 rings (SSSR count). The molecule has 0 atom stereocenters. The Morgan fingerprint density at radius 3 is 0.643 bits per heavy atom. The van der Waals surface area contributed by atoms with Crippen molar-refractivity contribution in [1.82, 2.24) is 0 Å². The summed E-state index contributed by atoms with van der Waals surface area (Å²) < 4.78 is 0. The van der Waals surface area contributed by atoms with E-state index in [2.05, 4.69) is 0 Å². The maximum absolute atomic E-state index is 13.5. The molecule has 0 aromatic rings. The minimum Gasteiger partial charge on any atom is -0.289 e. The molecule has 0 amide bonds. The summed E-state index contributed by atoms with van der Waals surface area (Å²) in [5.41, 5.74) is 12.8. The van der Waals surface area contributed by atoms with Gasteiger partial charge >= 0.3 is 0 Å². The molecule has 7 aliphatic carbocycles. The molecule has 3 heteroatoms. The largest absolute Gasteiger partial charge is 0.289 e. The second-order valence-corrected chi connectivity index (χ2v) is 12.3. The van der Waals surface area contributed by atoms with Crippen LogP contribution in [0, 0.1) is 64.2 Å². The number of hydrogen-bond acceptors (Lipinski definition) is 1. The molecule has 12 radical (unpaired) electrons. The molecule has 0 heterocycles. The van der Waals surface area contributed by atoms with Gasteiger partial charge in [-0.15, -0.1) is 0 Å². The van der Waals surface area contributed by atoms with Crippen LogP contribution in [-0.4, -0.2) is 5.78 Å². The van der Waals surface area contributed by atoms with Crippen molar-refractivity contribution in [3.8, 4) is 0 Å². The molecule has 0 aromatic carbocycles. The van der Waals surface area contributed by atoms with Gasteiger partial charge in [0.25, 0.3) is 0 Å². The van der Waals surface area contributed by atoms with Gasteiger partial charge in [-0.25, -0.2) is 0 Å². The first-order chi connectivity index (χ1) is 19.8. The Morgan fingerprint density at radius 1 is 0.262 bits per heavy atom. The molecule has 0 aliphatic heterocycles. The SMILES string of the molecule is O=C1C2=C3CCCCCC4=C5CCCCCC3=C1CCCCCC5=C4CCCCC2.[CH]1[CH][CH][CH][CH]1.[CH]1[CH][CH][CH][CH]1.[Co].[Co]. The number of carbonyl (C=O) groups excluding carboxylic acids is 1. The Balaban J connectivity index is 0.000000341. The number of carbonyl (C=O) groups is 1. The molecule has 42 heavy (non-hydrogen) atoms. The van der Waals surface area contributed by atoms with Crippen LogP contribution in [0.25, 0.3) is 0 Å². The maximum Gasteiger partial charge on any atom is 0.185 e. The first-order valence-corrected chi connectivity index (χ1v) is 16.6. The second kappa shape index (κ2) is 19.9. The molecule has 0 unspecified atom stereocenters. The summed E-state index contributed by atoms with van der Waals surface area (Å²) in [6.45, 7) is 0. The number of allylic oxidation sites excluding steroid dienone is 8. The van der Waals surface area contributed by atoms with E-state index in [-0.39, 0.29) is 33.6 Å². The molecule has 2 saturated carbocycles. The number of rotatable bonds is 0. The van der Waals surface area contributed by atoms with E-state index >= 15 is 0 Å². The fourth-order valence-corrected chi connectivity index (χ4v) is 7.59. The van der Waals surface area contributed by atoms with E-state index in [1.165, 1.54) is 138 Å².